The van der Waals surface area contributed by atoms with Crippen LogP contribution >= 0.6 is 0 Å². The van der Waals surface area contributed by atoms with Crippen molar-refractivity contribution in [1.29, 1.82) is 0 Å². The van der Waals surface area contributed by atoms with Crippen LogP contribution in [-0.2, 0) is 10.0 Å². The number of carbonyl (C=O) groups is 1. The lowest BCUT2D eigenvalue weighted by molar-refractivity contribution is 0.0692. The predicted molar refractivity (Wildman–Crippen MR) is 63.6 cm³/mol. The summed E-state index contributed by atoms with van der Waals surface area (Å²) in [5.41, 5.74) is -1.19. The van der Waals surface area contributed by atoms with Gasteiger partial charge in [-0.1, -0.05) is 6.92 Å². The van der Waals surface area contributed by atoms with E-state index in [2.05, 4.69) is 0 Å². The van der Waals surface area contributed by atoms with Crippen molar-refractivity contribution in [2.45, 2.75) is 6.92 Å². The number of nitrogens with zero attached hydrogens (tertiary/aromatic N) is 1. The fourth-order valence-electron chi connectivity index (χ4n) is 2.04. The van der Waals surface area contributed by atoms with Gasteiger partial charge in [0, 0.05) is 12.6 Å². The first kappa shape index (κ1) is 13.7. The van der Waals surface area contributed by atoms with Gasteiger partial charge in [-0.25, -0.2) is 22.0 Å². The summed E-state index contributed by atoms with van der Waals surface area (Å²) in [6.45, 7) is 1.72. The van der Waals surface area contributed by atoms with Gasteiger partial charge in [0.15, 0.2) is 0 Å². The summed E-state index contributed by atoms with van der Waals surface area (Å²) >= 11 is 0. The van der Waals surface area contributed by atoms with Crippen molar-refractivity contribution in [3.63, 3.8) is 0 Å². The van der Waals surface area contributed by atoms with Crippen LogP contribution in [0.1, 0.15) is 17.3 Å². The third-order valence-electron chi connectivity index (χ3n) is 2.84. The summed E-state index contributed by atoms with van der Waals surface area (Å²) in [5.74, 6) is -4.27. The maximum absolute atomic E-state index is 13.7. The van der Waals surface area contributed by atoms with Crippen LogP contribution in [0.2, 0.25) is 0 Å². The molecule has 0 spiro atoms. The van der Waals surface area contributed by atoms with Crippen LogP contribution in [0.15, 0.2) is 12.1 Å². The zero-order chi connectivity index (χ0) is 14.4. The molecule has 1 saturated heterocycles. The molecule has 1 aliphatic heterocycles. The van der Waals surface area contributed by atoms with Crippen LogP contribution < -0.4 is 4.31 Å². The van der Waals surface area contributed by atoms with E-state index in [4.69, 9.17) is 5.11 Å². The number of halogens is 2. The molecular weight excluding hydrogens is 280 g/mol. The summed E-state index contributed by atoms with van der Waals surface area (Å²) in [7, 11) is -3.69. The van der Waals surface area contributed by atoms with Crippen LogP contribution in [0.3, 0.4) is 0 Å². The van der Waals surface area contributed by atoms with Crippen LogP contribution in [0.5, 0.6) is 0 Å². The molecule has 0 saturated carbocycles. The van der Waals surface area contributed by atoms with Gasteiger partial charge in [-0.15, -0.1) is 0 Å². The average Bonchev–Trinajstić information content (AvgIpc) is 2.51. The zero-order valence-corrected chi connectivity index (χ0v) is 10.7. The van der Waals surface area contributed by atoms with E-state index in [1.54, 1.807) is 6.92 Å². The molecule has 1 aliphatic rings. The second-order valence-corrected chi connectivity index (χ2v) is 6.44. The minimum Gasteiger partial charge on any atom is -0.478 e. The molecule has 0 amide bonds. The van der Waals surface area contributed by atoms with Gasteiger partial charge >= 0.3 is 5.97 Å². The minimum atomic E-state index is -3.69. The Bertz CT molecular complexity index is 644. The number of benzene rings is 1. The van der Waals surface area contributed by atoms with Gasteiger partial charge < -0.3 is 5.11 Å². The molecule has 0 bridgehead atoms. The Hall–Kier alpha value is -1.70. The predicted octanol–water partition coefficient (Wildman–Crippen LogP) is 1.45. The second-order valence-electron chi connectivity index (χ2n) is 4.50. The largest absolute Gasteiger partial charge is 0.478 e. The van der Waals surface area contributed by atoms with E-state index < -0.39 is 38.9 Å². The Kier molecular flexibility index (Phi) is 3.21. The van der Waals surface area contributed by atoms with Crippen LogP contribution in [0.4, 0.5) is 14.5 Å². The molecule has 0 radical (unpaired) electrons. The number of carboxylic acid groups (broad SMARTS) is 1. The van der Waals surface area contributed by atoms with Gasteiger partial charge in [0.2, 0.25) is 10.0 Å². The lowest BCUT2D eigenvalue weighted by Crippen LogP contribution is -2.26. The molecule has 1 aromatic carbocycles. The number of aromatic carboxylic acids is 1. The number of hydrogen-bond donors (Lipinski definition) is 1. The fourth-order valence-corrected chi connectivity index (χ4v) is 3.97. The van der Waals surface area contributed by atoms with Crippen LogP contribution in [0, 0.1) is 17.6 Å². The van der Waals surface area contributed by atoms with Crippen molar-refractivity contribution >= 4 is 21.7 Å². The normalized spacial score (nSPS) is 21.6. The number of hydrogen-bond acceptors (Lipinski definition) is 3. The molecule has 19 heavy (non-hydrogen) atoms. The summed E-state index contributed by atoms with van der Waals surface area (Å²) in [4.78, 5) is 10.8. The SMILES string of the molecule is CC1CN(c2cc(C(=O)O)c(F)cc2F)S(=O)(=O)C1. The molecule has 1 unspecified atom stereocenters. The Balaban J connectivity index is 2.57. The smallest absolute Gasteiger partial charge is 0.338 e. The molecule has 1 N–H and O–H groups in total. The van der Waals surface area contributed by atoms with Crippen molar-refractivity contribution in [1.82, 2.24) is 0 Å². The van der Waals surface area contributed by atoms with E-state index >= 15 is 0 Å². The van der Waals surface area contributed by atoms with E-state index in [9.17, 15) is 22.0 Å². The van der Waals surface area contributed by atoms with Gasteiger partial charge in [-0.2, -0.15) is 0 Å². The van der Waals surface area contributed by atoms with Crippen LogP contribution in [0.25, 0.3) is 0 Å². The number of rotatable bonds is 2. The highest BCUT2D eigenvalue weighted by Crippen LogP contribution is 2.30. The molecule has 2 rings (SSSR count). The first-order valence-electron chi connectivity index (χ1n) is 5.45. The van der Waals surface area contributed by atoms with Gasteiger partial charge in [0.25, 0.3) is 0 Å². The fraction of sp³-hybridized carbons (Fsp3) is 0.364. The number of carboxylic acids is 1. The van der Waals surface area contributed by atoms with Crippen molar-refractivity contribution in [3.8, 4) is 0 Å². The van der Waals surface area contributed by atoms with E-state index in [1.807, 2.05) is 0 Å². The van der Waals surface area contributed by atoms with E-state index in [1.165, 1.54) is 0 Å². The van der Waals surface area contributed by atoms with Crippen LogP contribution in [-0.4, -0.2) is 31.8 Å². The molecule has 104 valence electrons. The van der Waals surface area contributed by atoms with Crippen molar-refractivity contribution in [2.75, 3.05) is 16.6 Å². The zero-order valence-electron chi connectivity index (χ0n) is 9.93. The summed E-state index contributed by atoms with van der Waals surface area (Å²) in [6, 6.07) is 1.10. The topological polar surface area (TPSA) is 74.7 Å². The molecule has 5 nitrogen and oxygen atoms in total. The summed E-state index contributed by atoms with van der Waals surface area (Å²) in [5, 5.41) is 8.78. The van der Waals surface area contributed by atoms with E-state index in [-0.39, 0.29) is 18.2 Å². The lowest BCUT2D eigenvalue weighted by Gasteiger charge is -2.18. The highest BCUT2D eigenvalue weighted by molar-refractivity contribution is 7.93. The highest BCUT2D eigenvalue weighted by Gasteiger charge is 2.36. The van der Waals surface area contributed by atoms with Crippen molar-refractivity contribution in [3.05, 3.63) is 29.3 Å². The van der Waals surface area contributed by atoms with Gasteiger partial charge in [0.05, 0.1) is 17.0 Å². The minimum absolute atomic E-state index is 0.0456. The number of anilines is 1. The summed E-state index contributed by atoms with van der Waals surface area (Å²) < 4.78 is 51.3. The van der Waals surface area contributed by atoms with E-state index in [0.717, 1.165) is 4.31 Å². The van der Waals surface area contributed by atoms with E-state index in [0.29, 0.717) is 12.1 Å². The first-order valence-corrected chi connectivity index (χ1v) is 7.06. The standard InChI is InChI=1S/C11H11F2NO4S/c1-6-4-14(19(17,18)5-6)10-2-7(11(15)16)8(12)3-9(10)13/h2-3,6H,4-5H2,1H3,(H,15,16). The maximum Gasteiger partial charge on any atom is 0.338 e. The second kappa shape index (κ2) is 4.44. The Morgan fingerprint density at radius 1 is 1.37 bits per heavy atom. The quantitative estimate of drug-likeness (QED) is 0.895. The number of sulfonamides is 1. The van der Waals surface area contributed by atoms with Gasteiger partial charge in [-0.3, -0.25) is 4.31 Å². The molecule has 8 heteroatoms. The molecule has 1 fully saturated rings. The van der Waals surface area contributed by atoms with Crippen molar-refractivity contribution < 1.29 is 27.1 Å². The first-order chi connectivity index (χ1) is 8.72. The Morgan fingerprint density at radius 2 is 2.00 bits per heavy atom. The lowest BCUT2D eigenvalue weighted by atomic mass is 10.1. The molecule has 1 heterocycles. The van der Waals surface area contributed by atoms with Gasteiger partial charge in [0.1, 0.15) is 11.6 Å². The molecule has 0 aromatic heterocycles. The molecular formula is C11H11F2NO4S. The molecule has 0 aliphatic carbocycles. The van der Waals surface area contributed by atoms with Crippen molar-refractivity contribution in [2.24, 2.45) is 5.92 Å². The Labute approximate surface area is 108 Å². The molecule has 1 atom stereocenters. The maximum atomic E-state index is 13.7. The Morgan fingerprint density at radius 3 is 2.47 bits per heavy atom. The highest BCUT2D eigenvalue weighted by atomic mass is 32.2. The average molecular weight is 291 g/mol. The monoisotopic (exact) mass is 291 g/mol. The third kappa shape index (κ3) is 2.40. The summed E-state index contributed by atoms with van der Waals surface area (Å²) in [6.07, 6.45) is 0. The van der Waals surface area contributed by atoms with Gasteiger partial charge in [-0.05, 0) is 12.0 Å². The third-order valence-corrected chi connectivity index (χ3v) is 4.85. The molecule has 1 aromatic rings.